The van der Waals surface area contributed by atoms with Crippen LogP contribution in [0.1, 0.15) is 344 Å². The van der Waals surface area contributed by atoms with Gasteiger partial charge in [-0.3, -0.25) is 39.0 Å². The molecule has 14 saturated heterocycles. The molecule has 14 aliphatic rings. The van der Waals surface area contributed by atoms with Gasteiger partial charge in [0, 0.05) is 201 Å². The Kier molecular flexibility index (Phi) is 79.8. The van der Waals surface area contributed by atoms with Gasteiger partial charge in [-0.25, -0.2) is 4.39 Å². The first kappa shape index (κ1) is 142. The van der Waals surface area contributed by atoms with E-state index in [1.54, 1.807) is 6.92 Å². The van der Waals surface area contributed by atoms with E-state index in [0.717, 1.165) is 193 Å². The fourth-order valence-corrected chi connectivity index (χ4v) is 22.9. The topological polar surface area (TPSA) is 213 Å². The van der Waals surface area contributed by atoms with Crippen molar-refractivity contribution >= 4 is 11.8 Å². The van der Waals surface area contributed by atoms with Crippen LogP contribution in [-0.2, 0) is 9.59 Å². The van der Waals surface area contributed by atoms with E-state index in [0.29, 0.717) is 62.1 Å². The van der Waals surface area contributed by atoms with Crippen LogP contribution in [-0.4, -0.2) is 420 Å². The van der Waals surface area contributed by atoms with E-state index in [1.165, 1.54) is 273 Å². The largest absolute Gasteiger partial charge is 0.395 e. The average molecular weight is 2070 g/mol. The van der Waals surface area contributed by atoms with Crippen molar-refractivity contribution in [3.63, 3.8) is 0 Å². The molecule has 0 radical (unpaired) electrons. The molecule has 1 unspecified atom stereocenters. The van der Waals surface area contributed by atoms with E-state index in [2.05, 4.69) is 307 Å². The lowest BCUT2D eigenvalue weighted by Crippen LogP contribution is -2.45. The van der Waals surface area contributed by atoms with Crippen molar-refractivity contribution in [3.05, 3.63) is 12.3 Å². The van der Waals surface area contributed by atoms with Crippen LogP contribution in [0.2, 0.25) is 0 Å². The van der Waals surface area contributed by atoms with Crippen molar-refractivity contribution in [3.8, 4) is 0 Å². The normalized spacial score (nSPS) is 25.7. The number of aliphatic hydroxyl groups is 2. The highest BCUT2D eigenvalue weighted by atomic mass is 19.1. The standard InChI is InChI=1S/C9H18FN.2C9H18N2O.C9H20N2.C9H18N2.2C9H19NO.4C9H19N.C8H18N2.C8H17N.C7H15N/c1-8(2)6-11-5-4-9(3,10)7-11;2*1-7(2)6-11-5-3-4-8(11)9(10)12;1-9(2)8-11-6-4-10(3)5-7-11;1-8(2)6-11-5-4-10-9(3)7-11;2*1-8(2)6-10-5-3-4-9(10)7-11;3*1-8(2)6-10-5-4-9(3)7-10;1-9(2)8-10-6-4-3-5-7-10;1-7(2)5-10-4-3-8(9)6-10;1-8(2)7-9-5-3-4-6-9;1-7(2)6-8-4-3-5-8/h8H,4-7H2,1-3H3;2*7-8H,3-6H2,1-2H3,(H2,10,12);9H,4-8H2,1-3H3;8,10H,3-7H2,1-2H3;2*8-9,11H,3-7H2,1-2H3;3*8-9H,4-7H2,1-3H3;9H,3-8H2,1-2H3;7-8H,3-6,9H2,1-2H3;8H,3-7H2,1-2H3;7H,3-6H2,1-2H3/t;2*8-;;;5*9-;;8-;;/m.10..10110.0../s1. The molecular formula is C122H256FN19O4. The van der Waals surface area contributed by atoms with Gasteiger partial charge in [-0.15, -0.1) is 0 Å². The summed E-state index contributed by atoms with van der Waals surface area (Å²) in [6.07, 6.45) is 23.7. The molecule has 14 heterocycles. The van der Waals surface area contributed by atoms with Crippen LogP contribution in [0.4, 0.5) is 4.39 Å². The van der Waals surface area contributed by atoms with Crippen molar-refractivity contribution in [1.29, 1.82) is 0 Å². The molecule has 24 heteroatoms. The first-order valence-electron chi connectivity index (χ1n) is 61.2. The summed E-state index contributed by atoms with van der Waals surface area (Å²) in [5.74, 6) is 13.3. The number of nitrogens with zero attached hydrogens (tertiary/aromatic N) is 15. The maximum atomic E-state index is 13.3. The molecule has 9 atom stereocenters. The fourth-order valence-electron chi connectivity index (χ4n) is 22.9. The number of piperidine rings is 1. The van der Waals surface area contributed by atoms with Crippen molar-refractivity contribution in [2.24, 2.45) is 118 Å². The highest BCUT2D eigenvalue weighted by molar-refractivity contribution is 5.80. The summed E-state index contributed by atoms with van der Waals surface area (Å²) in [6, 6.07) is 1.37. The molecule has 0 bridgehead atoms. The summed E-state index contributed by atoms with van der Waals surface area (Å²) >= 11 is 0. The molecule has 23 nitrogen and oxygen atoms in total. The zero-order chi connectivity index (χ0) is 110. The first-order valence-corrected chi connectivity index (χ1v) is 61.2. The van der Waals surface area contributed by atoms with Crippen LogP contribution >= 0.6 is 0 Å². The Morgan fingerprint density at radius 3 is 0.863 bits per heavy atom. The molecule has 0 aromatic heterocycles. The Morgan fingerprint density at radius 1 is 0.322 bits per heavy atom. The van der Waals surface area contributed by atoms with Gasteiger partial charge in [0.1, 0.15) is 5.67 Å². The molecule has 2 amide bonds. The monoisotopic (exact) mass is 2070 g/mol. The number of carbonyl (C=O) groups is 2. The van der Waals surface area contributed by atoms with Crippen molar-refractivity contribution in [2.45, 2.75) is 379 Å². The third-order valence-corrected chi connectivity index (χ3v) is 29.2. The molecule has 0 spiro atoms. The van der Waals surface area contributed by atoms with Crippen LogP contribution in [0.15, 0.2) is 12.3 Å². The van der Waals surface area contributed by atoms with Crippen LogP contribution in [0.5, 0.6) is 0 Å². The zero-order valence-electron chi connectivity index (χ0n) is 103. The van der Waals surface area contributed by atoms with Gasteiger partial charge in [-0.1, -0.05) is 228 Å². The number of piperazine rings is 2. The highest BCUT2D eigenvalue weighted by Crippen LogP contribution is 2.28. The van der Waals surface area contributed by atoms with Crippen LogP contribution in [0.3, 0.4) is 0 Å². The second-order valence-corrected chi connectivity index (χ2v) is 53.6. The lowest BCUT2D eigenvalue weighted by molar-refractivity contribution is -0.123. The summed E-state index contributed by atoms with van der Waals surface area (Å²) in [7, 11) is 2.20. The quantitative estimate of drug-likeness (QED) is 0.0369. The number of hydrogen-bond acceptors (Lipinski definition) is 21. The van der Waals surface area contributed by atoms with Gasteiger partial charge in [0.25, 0.3) is 0 Å². The Balaban J connectivity index is 0.000000787. The predicted molar refractivity (Wildman–Crippen MR) is 633 cm³/mol. The number of aliphatic hydroxyl groups excluding tert-OH is 2. The van der Waals surface area contributed by atoms with Gasteiger partial charge in [0.15, 0.2) is 0 Å². The molecule has 14 aliphatic heterocycles. The Bertz CT molecular complexity index is 2880. The number of nitrogens with one attached hydrogen (secondary N) is 1. The number of amides is 2. The fraction of sp³-hybridized carbons (Fsp3) is 0.967. The molecule has 0 saturated carbocycles. The molecule has 870 valence electrons. The third-order valence-electron chi connectivity index (χ3n) is 29.2. The van der Waals surface area contributed by atoms with Gasteiger partial charge in [-0.2, -0.15) is 0 Å². The summed E-state index contributed by atoms with van der Waals surface area (Å²) in [4.78, 5) is 58.6. The van der Waals surface area contributed by atoms with Gasteiger partial charge in [0.2, 0.25) is 11.8 Å². The SMILES string of the molecule is C=C1CN(CC(C)C)CCN1.CC(C)CN1CCC(C)(F)C1.CC(C)CN1CCC1.CC(C)CN1CCCC1.CC(C)CN1CCCCC1.CC(C)CN1CCC[C@@H]1C(N)=O.CC(C)CN1CCC[C@@H]1CO.CC(C)CN1CCC[C@H]1C(N)=O.CC(C)CN1CCC[C@H]1CO.CC(C)CN1CCN(C)CC1.CC(C)CN1CC[C@@H](C)C1.CC(C)CN1CC[C@@H](C)C1.CC(C)CN1CC[C@H](C)C1.CC(C)CN1CC[C@H](N)C1. The minimum Gasteiger partial charge on any atom is -0.395 e. The van der Waals surface area contributed by atoms with E-state index >= 15 is 0 Å². The lowest BCUT2D eigenvalue weighted by Gasteiger charge is -2.33. The van der Waals surface area contributed by atoms with E-state index in [1.807, 2.05) is 0 Å². The molecule has 14 rings (SSSR count). The minimum absolute atomic E-state index is 0.00685. The first-order chi connectivity index (χ1) is 68.6. The maximum Gasteiger partial charge on any atom is 0.234 e. The van der Waals surface area contributed by atoms with Crippen LogP contribution < -0.4 is 22.5 Å². The lowest BCUT2D eigenvalue weighted by atomic mass is 10.1. The second-order valence-electron chi connectivity index (χ2n) is 53.6. The number of halogens is 1. The maximum absolute atomic E-state index is 13.3. The summed E-state index contributed by atoms with van der Waals surface area (Å²) in [5, 5.41) is 21.3. The van der Waals surface area contributed by atoms with Crippen molar-refractivity contribution in [2.75, 3.05) is 289 Å². The summed E-state index contributed by atoms with van der Waals surface area (Å²) < 4.78 is 13.3. The van der Waals surface area contributed by atoms with E-state index in [4.69, 9.17) is 27.4 Å². The Morgan fingerprint density at radius 2 is 0.596 bits per heavy atom. The highest BCUT2D eigenvalue weighted by Gasteiger charge is 2.35. The third kappa shape index (κ3) is 74.8. The summed E-state index contributed by atoms with van der Waals surface area (Å²) in [6.45, 7) is 126. The molecule has 0 aliphatic carbocycles. The number of carbonyl (C=O) groups excluding carboxylic acids is 2. The molecule has 9 N–H and O–H groups in total. The minimum atomic E-state index is -0.922. The van der Waals surface area contributed by atoms with Gasteiger partial charge in [0.05, 0.1) is 25.3 Å². The molecule has 0 aromatic rings. The Hall–Kier alpha value is -2.31. The summed E-state index contributed by atoms with van der Waals surface area (Å²) in [5.41, 5.74) is 16.6. The van der Waals surface area contributed by atoms with Gasteiger partial charge in [-0.05, 0) is 322 Å². The van der Waals surface area contributed by atoms with E-state index < -0.39 is 5.67 Å². The van der Waals surface area contributed by atoms with Gasteiger partial charge >= 0.3 is 0 Å². The van der Waals surface area contributed by atoms with Crippen LogP contribution in [0.25, 0.3) is 0 Å². The Labute approximate surface area is 907 Å². The molecule has 0 aromatic carbocycles. The number of rotatable bonds is 32. The number of nitrogens with two attached hydrogens (primary N) is 3. The zero-order valence-corrected chi connectivity index (χ0v) is 103. The van der Waals surface area contributed by atoms with Crippen LogP contribution in [0, 0.1) is 101 Å². The van der Waals surface area contributed by atoms with Gasteiger partial charge < -0.3 is 76.8 Å². The second kappa shape index (κ2) is 82.2. The van der Waals surface area contributed by atoms with Crippen molar-refractivity contribution in [1.82, 2.24) is 78.8 Å². The number of hydrogen-bond donors (Lipinski definition) is 6. The number of alkyl halides is 1. The number of primary amides is 2. The smallest absolute Gasteiger partial charge is 0.234 e. The van der Waals surface area contributed by atoms with E-state index in [-0.39, 0.29) is 23.9 Å². The molecule has 146 heavy (non-hydrogen) atoms. The molecule has 14 fully saturated rings. The average Bonchev–Trinajstić information content (AvgIpc) is 1.73. The van der Waals surface area contributed by atoms with E-state index in [9.17, 15) is 14.0 Å². The number of likely N-dealkylation sites (tertiary alicyclic amines) is 12. The van der Waals surface area contributed by atoms with Crippen molar-refractivity contribution < 1.29 is 24.2 Å². The number of likely N-dealkylation sites (N-methyl/N-ethyl adjacent to an activating group) is 1. The molecular weight excluding hydrogens is 1810 g/mol. The predicted octanol–water partition coefficient (Wildman–Crippen LogP) is 19.3.